The molecule has 2 unspecified atom stereocenters. The Morgan fingerprint density at radius 2 is 2.00 bits per heavy atom. The van der Waals surface area contributed by atoms with Gasteiger partial charge in [-0.25, -0.2) is 4.98 Å². The number of aliphatic hydroxyl groups excluding tert-OH is 1. The Balaban J connectivity index is 1.60. The second-order valence-electron chi connectivity index (χ2n) is 6.25. The second kappa shape index (κ2) is 5.95. The first-order valence-corrected chi connectivity index (χ1v) is 7.70. The molecule has 0 bridgehead atoms. The highest BCUT2D eigenvalue weighted by atomic mass is 16.3. The molecule has 5 heteroatoms. The van der Waals surface area contributed by atoms with Crippen LogP contribution in [0.15, 0.2) is 6.07 Å². The van der Waals surface area contributed by atoms with E-state index in [1.807, 2.05) is 13.0 Å². The van der Waals surface area contributed by atoms with Gasteiger partial charge in [0.1, 0.15) is 5.82 Å². The smallest absolute Gasteiger partial charge is 0.224 e. The normalized spacial score (nSPS) is 25.7. The molecular weight excluding hydrogens is 252 g/mol. The van der Waals surface area contributed by atoms with Crippen LogP contribution < -0.4 is 10.6 Å². The van der Waals surface area contributed by atoms with Crippen molar-refractivity contribution in [3.05, 3.63) is 11.8 Å². The molecule has 2 atom stereocenters. The lowest BCUT2D eigenvalue weighted by Crippen LogP contribution is -2.18. The number of aromatic nitrogens is 2. The molecule has 0 saturated heterocycles. The Bertz CT molecular complexity index is 461. The molecule has 2 aliphatic carbocycles. The van der Waals surface area contributed by atoms with Gasteiger partial charge in [0, 0.05) is 31.0 Å². The fourth-order valence-electron chi connectivity index (χ4n) is 2.86. The molecule has 0 aromatic carbocycles. The van der Waals surface area contributed by atoms with E-state index in [9.17, 15) is 5.11 Å². The third-order valence-electron chi connectivity index (χ3n) is 4.25. The molecule has 0 radical (unpaired) electrons. The summed E-state index contributed by atoms with van der Waals surface area (Å²) in [5, 5.41) is 16.0. The third kappa shape index (κ3) is 3.60. The summed E-state index contributed by atoms with van der Waals surface area (Å²) in [5.41, 5.74) is 0.984. The molecule has 0 amide bonds. The van der Waals surface area contributed by atoms with Gasteiger partial charge >= 0.3 is 0 Å². The van der Waals surface area contributed by atoms with Gasteiger partial charge in [0.15, 0.2) is 0 Å². The summed E-state index contributed by atoms with van der Waals surface area (Å²) in [6.45, 7) is 3.29. The minimum absolute atomic E-state index is 0.301. The van der Waals surface area contributed by atoms with Gasteiger partial charge in [0.25, 0.3) is 0 Å². The van der Waals surface area contributed by atoms with Gasteiger partial charge < -0.3 is 15.7 Å². The predicted octanol–water partition coefficient (Wildman–Crippen LogP) is 2.18. The molecule has 110 valence electrons. The molecule has 5 nitrogen and oxygen atoms in total. The van der Waals surface area contributed by atoms with Crippen LogP contribution in [0.1, 0.15) is 37.8 Å². The Morgan fingerprint density at radius 3 is 2.70 bits per heavy atom. The first kappa shape index (κ1) is 13.6. The molecular formula is C15H24N4O. The monoisotopic (exact) mass is 276 g/mol. The van der Waals surface area contributed by atoms with Crippen molar-refractivity contribution < 1.29 is 5.11 Å². The molecule has 2 fully saturated rings. The van der Waals surface area contributed by atoms with Crippen molar-refractivity contribution in [2.45, 2.75) is 45.1 Å². The summed E-state index contributed by atoms with van der Waals surface area (Å²) in [7, 11) is 0. The van der Waals surface area contributed by atoms with Crippen molar-refractivity contribution in [1.82, 2.24) is 9.97 Å². The maximum atomic E-state index is 9.20. The summed E-state index contributed by atoms with van der Waals surface area (Å²) in [5.74, 6) is 2.90. The quantitative estimate of drug-likeness (QED) is 0.743. The molecule has 3 N–H and O–H groups in total. The number of aliphatic hydroxyl groups is 1. The molecule has 0 spiro atoms. The lowest BCUT2D eigenvalue weighted by atomic mass is 10.1. The molecule has 0 aliphatic heterocycles. The number of aryl methyl sites for hydroxylation is 1. The predicted molar refractivity (Wildman–Crippen MR) is 79.8 cm³/mol. The molecule has 1 heterocycles. The number of rotatable bonds is 6. The van der Waals surface area contributed by atoms with E-state index in [4.69, 9.17) is 0 Å². The maximum absolute atomic E-state index is 9.20. The number of nitrogens with one attached hydrogen (secondary N) is 2. The van der Waals surface area contributed by atoms with Gasteiger partial charge in [-0.3, -0.25) is 0 Å². The Hall–Kier alpha value is -1.36. The summed E-state index contributed by atoms with van der Waals surface area (Å²) in [6.07, 6.45) is 5.90. The standard InChI is InChI=1S/C15H24N4O/c1-10-6-14(18-13-5-4-12(7-13)9-20)19-15(17-10)16-8-11-2-3-11/h6,11-13,20H,2-5,7-9H2,1H3,(H2,16,17,18,19). The largest absolute Gasteiger partial charge is 0.396 e. The molecule has 3 rings (SSSR count). The van der Waals surface area contributed by atoms with E-state index in [1.165, 1.54) is 12.8 Å². The second-order valence-corrected chi connectivity index (χ2v) is 6.25. The summed E-state index contributed by atoms with van der Waals surface area (Å²) in [6, 6.07) is 2.42. The number of hydrogen-bond donors (Lipinski definition) is 3. The highest BCUT2D eigenvalue weighted by Gasteiger charge is 2.24. The minimum atomic E-state index is 0.301. The average Bonchev–Trinajstić information content (AvgIpc) is 3.15. The Morgan fingerprint density at radius 1 is 1.20 bits per heavy atom. The van der Waals surface area contributed by atoms with Crippen LogP contribution in [0.2, 0.25) is 0 Å². The SMILES string of the molecule is Cc1cc(NC2CCC(CO)C2)nc(NCC2CC2)n1. The molecule has 1 aromatic rings. The van der Waals surface area contributed by atoms with E-state index in [0.717, 1.165) is 49.2 Å². The first-order valence-electron chi connectivity index (χ1n) is 7.70. The van der Waals surface area contributed by atoms with Gasteiger partial charge in [-0.15, -0.1) is 0 Å². The summed E-state index contributed by atoms with van der Waals surface area (Å²) >= 11 is 0. The van der Waals surface area contributed by atoms with Gasteiger partial charge in [-0.1, -0.05) is 0 Å². The van der Waals surface area contributed by atoms with E-state index in [1.54, 1.807) is 0 Å². The molecule has 2 saturated carbocycles. The van der Waals surface area contributed by atoms with Crippen molar-refractivity contribution in [3.63, 3.8) is 0 Å². The topological polar surface area (TPSA) is 70.1 Å². The zero-order valence-corrected chi connectivity index (χ0v) is 12.1. The number of anilines is 2. The highest BCUT2D eigenvalue weighted by Crippen LogP contribution is 2.29. The van der Waals surface area contributed by atoms with Crippen LogP contribution in [-0.2, 0) is 0 Å². The Kier molecular flexibility index (Phi) is 4.05. The van der Waals surface area contributed by atoms with Crippen LogP contribution in [-0.4, -0.2) is 34.3 Å². The average molecular weight is 276 g/mol. The molecule has 2 aliphatic rings. The summed E-state index contributed by atoms with van der Waals surface area (Å²) < 4.78 is 0. The van der Waals surface area contributed by atoms with E-state index >= 15 is 0 Å². The third-order valence-corrected chi connectivity index (χ3v) is 4.25. The number of nitrogens with zero attached hydrogens (tertiary/aromatic N) is 2. The van der Waals surface area contributed by atoms with Crippen molar-refractivity contribution in [3.8, 4) is 0 Å². The van der Waals surface area contributed by atoms with Crippen LogP contribution in [0.5, 0.6) is 0 Å². The zero-order valence-electron chi connectivity index (χ0n) is 12.1. The number of hydrogen-bond acceptors (Lipinski definition) is 5. The highest BCUT2D eigenvalue weighted by molar-refractivity contribution is 5.43. The van der Waals surface area contributed by atoms with E-state index < -0.39 is 0 Å². The minimum Gasteiger partial charge on any atom is -0.396 e. The van der Waals surface area contributed by atoms with E-state index in [-0.39, 0.29) is 0 Å². The van der Waals surface area contributed by atoms with Crippen LogP contribution in [0.4, 0.5) is 11.8 Å². The fraction of sp³-hybridized carbons (Fsp3) is 0.733. The maximum Gasteiger partial charge on any atom is 0.224 e. The van der Waals surface area contributed by atoms with Gasteiger partial charge in [-0.2, -0.15) is 4.98 Å². The molecule has 1 aromatic heterocycles. The van der Waals surface area contributed by atoms with Crippen LogP contribution in [0, 0.1) is 18.8 Å². The van der Waals surface area contributed by atoms with Crippen molar-refractivity contribution in [2.75, 3.05) is 23.8 Å². The Labute approximate surface area is 120 Å². The van der Waals surface area contributed by atoms with Gasteiger partial charge in [0.05, 0.1) is 0 Å². The van der Waals surface area contributed by atoms with Crippen molar-refractivity contribution >= 4 is 11.8 Å². The van der Waals surface area contributed by atoms with Gasteiger partial charge in [-0.05, 0) is 50.9 Å². The van der Waals surface area contributed by atoms with Crippen LogP contribution >= 0.6 is 0 Å². The zero-order chi connectivity index (χ0) is 13.9. The molecule has 20 heavy (non-hydrogen) atoms. The van der Waals surface area contributed by atoms with E-state index in [2.05, 4.69) is 20.6 Å². The fourth-order valence-corrected chi connectivity index (χ4v) is 2.86. The van der Waals surface area contributed by atoms with E-state index in [0.29, 0.717) is 18.6 Å². The van der Waals surface area contributed by atoms with Crippen LogP contribution in [0.3, 0.4) is 0 Å². The lowest BCUT2D eigenvalue weighted by Gasteiger charge is -2.15. The summed E-state index contributed by atoms with van der Waals surface area (Å²) in [4.78, 5) is 8.99. The van der Waals surface area contributed by atoms with Gasteiger partial charge in [0.2, 0.25) is 5.95 Å². The van der Waals surface area contributed by atoms with Crippen LogP contribution in [0.25, 0.3) is 0 Å². The van der Waals surface area contributed by atoms with Crippen molar-refractivity contribution in [2.24, 2.45) is 11.8 Å². The van der Waals surface area contributed by atoms with Crippen molar-refractivity contribution in [1.29, 1.82) is 0 Å². The first-order chi connectivity index (χ1) is 9.72. The lowest BCUT2D eigenvalue weighted by molar-refractivity contribution is 0.229.